The van der Waals surface area contributed by atoms with Crippen LogP contribution in [0.1, 0.15) is 5.56 Å². The van der Waals surface area contributed by atoms with Crippen molar-refractivity contribution in [3.05, 3.63) is 58.3 Å². The quantitative estimate of drug-likeness (QED) is 0.894. The topological polar surface area (TPSA) is 24.9 Å². The summed E-state index contributed by atoms with van der Waals surface area (Å²) in [5.74, 6) is 0. The van der Waals surface area contributed by atoms with E-state index in [1.165, 1.54) is 0 Å². The fraction of sp³-hybridized carbons (Fsp3) is 0.0833. The van der Waals surface area contributed by atoms with Crippen molar-refractivity contribution in [3.63, 3.8) is 0 Å². The summed E-state index contributed by atoms with van der Waals surface area (Å²) in [5, 5.41) is 4.50. The van der Waals surface area contributed by atoms with E-state index in [9.17, 15) is 0 Å². The number of halogens is 2. The first-order valence-electron chi connectivity index (χ1n) is 4.83. The lowest BCUT2D eigenvalue weighted by Crippen LogP contribution is -1.99. The fourth-order valence-corrected chi connectivity index (χ4v) is 1.89. The summed E-state index contributed by atoms with van der Waals surface area (Å²) in [6.07, 6.45) is 3.53. The van der Waals surface area contributed by atoms with E-state index < -0.39 is 0 Å². The molecule has 4 heteroatoms. The van der Waals surface area contributed by atoms with E-state index in [4.69, 9.17) is 23.2 Å². The number of anilines is 1. The van der Waals surface area contributed by atoms with Gasteiger partial charge in [-0.15, -0.1) is 0 Å². The van der Waals surface area contributed by atoms with E-state index in [1.807, 2.05) is 24.3 Å². The van der Waals surface area contributed by atoms with Crippen LogP contribution in [0.25, 0.3) is 0 Å². The molecule has 0 saturated carbocycles. The predicted octanol–water partition coefficient (Wildman–Crippen LogP) is 4.00. The van der Waals surface area contributed by atoms with E-state index >= 15 is 0 Å². The monoisotopic (exact) mass is 252 g/mol. The molecule has 0 unspecified atom stereocenters. The number of rotatable bonds is 3. The van der Waals surface area contributed by atoms with Crippen LogP contribution in [0.2, 0.25) is 10.0 Å². The largest absolute Gasteiger partial charge is 0.381 e. The molecule has 0 bridgehead atoms. The highest BCUT2D eigenvalue weighted by Gasteiger charge is 1.98. The highest BCUT2D eigenvalue weighted by molar-refractivity contribution is 6.35. The van der Waals surface area contributed by atoms with Crippen molar-refractivity contribution in [1.29, 1.82) is 0 Å². The van der Waals surface area contributed by atoms with Gasteiger partial charge in [0.25, 0.3) is 0 Å². The Hall–Kier alpha value is -1.25. The Morgan fingerprint density at radius 1 is 1.00 bits per heavy atom. The molecule has 1 aromatic heterocycles. The maximum absolute atomic E-state index is 5.90. The molecule has 0 aliphatic carbocycles. The molecule has 2 nitrogen and oxygen atoms in total. The van der Waals surface area contributed by atoms with Gasteiger partial charge < -0.3 is 5.32 Å². The summed E-state index contributed by atoms with van der Waals surface area (Å²) in [4.78, 5) is 3.96. The van der Waals surface area contributed by atoms with Gasteiger partial charge >= 0.3 is 0 Å². The molecule has 0 saturated heterocycles. The zero-order valence-corrected chi connectivity index (χ0v) is 9.96. The zero-order valence-electron chi connectivity index (χ0n) is 8.45. The lowest BCUT2D eigenvalue weighted by molar-refractivity contribution is 1.13. The molecule has 1 aromatic carbocycles. The molecule has 0 aliphatic heterocycles. The van der Waals surface area contributed by atoms with Gasteiger partial charge in [-0.3, -0.25) is 4.98 Å². The summed E-state index contributed by atoms with van der Waals surface area (Å²) in [6.45, 7) is 0.721. The lowest BCUT2D eigenvalue weighted by atomic mass is 10.2. The fourth-order valence-electron chi connectivity index (χ4n) is 1.36. The number of benzene rings is 1. The van der Waals surface area contributed by atoms with Crippen molar-refractivity contribution >= 4 is 28.9 Å². The van der Waals surface area contributed by atoms with Gasteiger partial charge in [0.2, 0.25) is 0 Å². The van der Waals surface area contributed by atoms with Crippen molar-refractivity contribution in [2.24, 2.45) is 0 Å². The first-order valence-corrected chi connectivity index (χ1v) is 5.58. The third kappa shape index (κ3) is 3.12. The highest BCUT2D eigenvalue weighted by Crippen LogP contribution is 2.22. The van der Waals surface area contributed by atoms with Gasteiger partial charge in [-0.2, -0.15) is 0 Å². The van der Waals surface area contributed by atoms with E-state index in [-0.39, 0.29) is 0 Å². The molecule has 0 amide bonds. The normalized spacial score (nSPS) is 10.1. The molecule has 0 spiro atoms. The van der Waals surface area contributed by atoms with Gasteiger partial charge in [-0.25, -0.2) is 0 Å². The van der Waals surface area contributed by atoms with E-state index in [0.29, 0.717) is 10.0 Å². The van der Waals surface area contributed by atoms with Gasteiger partial charge in [0.1, 0.15) is 0 Å². The third-order valence-corrected chi connectivity index (χ3v) is 2.54. The predicted molar refractivity (Wildman–Crippen MR) is 68.0 cm³/mol. The molecular weight excluding hydrogens is 243 g/mol. The number of aromatic nitrogens is 1. The Labute approximate surface area is 104 Å². The van der Waals surface area contributed by atoms with Crippen LogP contribution in [0.4, 0.5) is 5.69 Å². The van der Waals surface area contributed by atoms with Crippen LogP contribution >= 0.6 is 23.2 Å². The number of hydrogen-bond acceptors (Lipinski definition) is 2. The molecule has 2 rings (SSSR count). The van der Waals surface area contributed by atoms with E-state index in [1.54, 1.807) is 18.5 Å². The highest BCUT2D eigenvalue weighted by atomic mass is 35.5. The van der Waals surface area contributed by atoms with Crippen molar-refractivity contribution in [1.82, 2.24) is 4.98 Å². The minimum atomic E-state index is 0.629. The summed E-state index contributed by atoms with van der Waals surface area (Å²) in [7, 11) is 0. The van der Waals surface area contributed by atoms with E-state index in [2.05, 4.69) is 10.3 Å². The number of hydrogen-bond donors (Lipinski definition) is 1. The van der Waals surface area contributed by atoms with Crippen LogP contribution in [0, 0.1) is 0 Å². The summed E-state index contributed by atoms with van der Waals surface area (Å²) in [6, 6.07) is 9.31. The molecular formula is C12H10Cl2N2. The van der Waals surface area contributed by atoms with Gasteiger partial charge in [-0.05, 0) is 35.9 Å². The van der Waals surface area contributed by atoms with Gasteiger partial charge in [0.15, 0.2) is 0 Å². The number of nitrogens with one attached hydrogen (secondary N) is 1. The van der Waals surface area contributed by atoms with Crippen LogP contribution in [-0.2, 0) is 6.54 Å². The number of pyridine rings is 1. The molecule has 82 valence electrons. The standard InChI is InChI=1S/C12H10Cl2N2/c13-10-5-11(14)7-12(6-10)16-8-9-1-3-15-4-2-9/h1-7,16H,8H2. The maximum Gasteiger partial charge on any atom is 0.0441 e. The minimum Gasteiger partial charge on any atom is -0.381 e. The smallest absolute Gasteiger partial charge is 0.0441 e. The second kappa shape index (κ2) is 5.19. The second-order valence-electron chi connectivity index (χ2n) is 3.37. The van der Waals surface area contributed by atoms with Crippen LogP contribution in [0.5, 0.6) is 0 Å². The van der Waals surface area contributed by atoms with Gasteiger partial charge in [0.05, 0.1) is 0 Å². The average Bonchev–Trinajstić information content (AvgIpc) is 2.27. The molecule has 0 radical (unpaired) electrons. The Morgan fingerprint density at radius 2 is 1.62 bits per heavy atom. The minimum absolute atomic E-state index is 0.629. The molecule has 16 heavy (non-hydrogen) atoms. The molecule has 0 fully saturated rings. The Morgan fingerprint density at radius 3 is 2.25 bits per heavy atom. The SMILES string of the molecule is Clc1cc(Cl)cc(NCc2ccncc2)c1. The van der Waals surface area contributed by atoms with Crippen LogP contribution in [0.15, 0.2) is 42.7 Å². The zero-order chi connectivity index (χ0) is 11.4. The van der Waals surface area contributed by atoms with Gasteiger partial charge in [0, 0.05) is 34.7 Å². The maximum atomic E-state index is 5.90. The first-order chi connectivity index (χ1) is 7.74. The molecule has 1 N–H and O–H groups in total. The van der Waals surface area contributed by atoms with Crippen LogP contribution in [0.3, 0.4) is 0 Å². The average molecular weight is 253 g/mol. The summed E-state index contributed by atoms with van der Waals surface area (Å²) in [5.41, 5.74) is 2.07. The summed E-state index contributed by atoms with van der Waals surface area (Å²) < 4.78 is 0. The van der Waals surface area contributed by atoms with Crippen LogP contribution < -0.4 is 5.32 Å². The van der Waals surface area contributed by atoms with Crippen molar-refractivity contribution in [2.45, 2.75) is 6.54 Å². The van der Waals surface area contributed by atoms with E-state index in [0.717, 1.165) is 17.8 Å². The van der Waals surface area contributed by atoms with Gasteiger partial charge in [-0.1, -0.05) is 23.2 Å². The first kappa shape index (κ1) is 11.2. The molecule has 1 heterocycles. The Kier molecular flexibility index (Phi) is 3.65. The van der Waals surface area contributed by atoms with Crippen LogP contribution in [-0.4, -0.2) is 4.98 Å². The Bertz CT molecular complexity index is 451. The van der Waals surface area contributed by atoms with Crippen molar-refractivity contribution in [3.8, 4) is 0 Å². The Balaban J connectivity index is 2.05. The van der Waals surface area contributed by atoms with Crippen molar-refractivity contribution in [2.75, 3.05) is 5.32 Å². The molecule has 2 aromatic rings. The molecule has 0 atom stereocenters. The molecule has 0 aliphatic rings. The number of nitrogens with zero attached hydrogens (tertiary/aromatic N) is 1. The summed E-state index contributed by atoms with van der Waals surface area (Å²) >= 11 is 11.8. The lowest BCUT2D eigenvalue weighted by Gasteiger charge is -2.07. The third-order valence-electron chi connectivity index (χ3n) is 2.11. The van der Waals surface area contributed by atoms with Crippen molar-refractivity contribution < 1.29 is 0 Å². The second-order valence-corrected chi connectivity index (χ2v) is 4.24.